The quantitative estimate of drug-likeness (QED) is 0.395. The van der Waals surface area contributed by atoms with Crippen molar-refractivity contribution in [2.45, 2.75) is 11.7 Å². The minimum absolute atomic E-state index is 0.00729. The average Bonchev–Trinajstić information content (AvgIpc) is 2.11. The highest BCUT2D eigenvalue weighted by Gasteiger charge is 2.38. The maximum atomic E-state index is 12.0. The summed E-state index contributed by atoms with van der Waals surface area (Å²) in [6.45, 7) is -0.00729. The predicted octanol–water partition coefficient (Wildman–Crippen LogP) is -0.399. The zero-order chi connectivity index (χ0) is 7.78. The number of halogens is 1. The lowest BCUT2D eigenvalue weighted by molar-refractivity contribution is -0.137. The van der Waals surface area contributed by atoms with Gasteiger partial charge in [0.1, 0.15) is 0 Å². The summed E-state index contributed by atoms with van der Waals surface area (Å²) in [5, 5.41) is -1.58. The molecule has 0 aromatic carbocycles. The van der Waals surface area contributed by atoms with Crippen molar-refractivity contribution in [1.82, 2.24) is 0 Å². The van der Waals surface area contributed by atoms with Crippen LogP contribution >= 0.6 is 0 Å². The first kappa shape index (κ1) is 7.46. The van der Waals surface area contributed by atoms with Crippen LogP contribution in [0.5, 0.6) is 0 Å². The molecule has 0 radical (unpaired) electrons. The summed E-state index contributed by atoms with van der Waals surface area (Å²) < 4.78 is 36.4. The Balaban J connectivity index is 2.84. The van der Waals surface area contributed by atoms with E-state index in [0.717, 1.165) is 0 Å². The Morgan fingerprint density at radius 3 is 2.40 bits per heavy atom. The second-order valence-corrected chi connectivity index (χ2v) is 3.44. The van der Waals surface area contributed by atoms with E-state index in [9.17, 15) is 17.1 Å². The molecule has 1 saturated heterocycles. The van der Waals surface area contributed by atoms with Gasteiger partial charge in [0.25, 0.3) is 0 Å². The van der Waals surface area contributed by atoms with Gasteiger partial charge >= 0.3 is 16.2 Å². The molecule has 10 heavy (non-hydrogen) atoms. The fourth-order valence-electron chi connectivity index (χ4n) is 0.733. The largest absolute Gasteiger partial charge is 0.465 e. The molecule has 1 atom stereocenters. The van der Waals surface area contributed by atoms with Crippen molar-refractivity contribution in [3.05, 3.63) is 0 Å². The van der Waals surface area contributed by atoms with E-state index in [-0.39, 0.29) is 13.0 Å². The van der Waals surface area contributed by atoms with Gasteiger partial charge in [-0.25, -0.2) is 0 Å². The normalized spacial score (nSPS) is 26.5. The number of rotatable bonds is 1. The van der Waals surface area contributed by atoms with Crippen molar-refractivity contribution in [2.24, 2.45) is 0 Å². The maximum absolute atomic E-state index is 12.0. The number of ether oxygens (including phenoxy) is 1. The Kier molecular flexibility index (Phi) is 1.63. The van der Waals surface area contributed by atoms with Crippen LogP contribution < -0.4 is 0 Å². The first-order chi connectivity index (χ1) is 4.52. The SMILES string of the molecule is O=C1OCC[C@@H]1S(=O)(=O)F. The number of cyclic esters (lactones) is 1. The zero-order valence-corrected chi connectivity index (χ0v) is 5.73. The van der Waals surface area contributed by atoms with Gasteiger partial charge in [0, 0.05) is 6.42 Å². The lowest BCUT2D eigenvalue weighted by atomic mass is 10.4. The summed E-state index contributed by atoms with van der Waals surface area (Å²) in [5.41, 5.74) is 0. The molecule has 0 saturated carbocycles. The molecule has 6 heteroatoms. The first-order valence-corrected chi connectivity index (χ1v) is 4.06. The van der Waals surface area contributed by atoms with Crippen LogP contribution in [0.2, 0.25) is 0 Å². The molecular formula is C4H5FO4S. The average molecular weight is 168 g/mol. The van der Waals surface area contributed by atoms with Crippen molar-refractivity contribution >= 4 is 16.2 Å². The van der Waals surface area contributed by atoms with Gasteiger partial charge in [-0.1, -0.05) is 0 Å². The van der Waals surface area contributed by atoms with Gasteiger partial charge in [0.2, 0.25) is 0 Å². The van der Waals surface area contributed by atoms with E-state index in [2.05, 4.69) is 4.74 Å². The molecule has 58 valence electrons. The third kappa shape index (κ3) is 1.26. The second kappa shape index (κ2) is 2.19. The topological polar surface area (TPSA) is 60.4 Å². The summed E-state index contributed by atoms with van der Waals surface area (Å²) in [6, 6.07) is 0. The van der Waals surface area contributed by atoms with Crippen LogP contribution in [0.25, 0.3) is 0 Å². The van der Waals surface area contributed by atoms with Gasteiger partial charge in [0.05, 0.1) is 6.61 Å². The van der Waals surface area contributed by atoms with Gasteiger partial charge < -0.3 is 4.74 Å². The molecule has 1 aliphatic rings. The Bertz CT molecular complexity index is 244. The smallest absolute Gasteiger partial charge is 0.327 e. The van der Waals surface area contributed by atoms with Gasteiger partial charge in [0.15, 0.2) is 5.25 Å². The molecule has 0 amide bonds. The minimum atomic E-state index is -4.73. The van der Waals surface area contributed by atoms with Crippen molar-refractivity contribution < 1.29 is 21.8 Å². The molecular weight excluding hydrogens is 163 g/mol. The molecule has 0 aromatic heterocycles. The van der Waals surface area contributed by atoms with E-state index >= 15 is 0 Å². The molecule has 0 aliphatic carbocycles. The van der Waals surface area contributed by atoms with E-state index in [4.69, 9.17) is 0 Å². The van der Waals surface area contributed by atoms with Crippen LogP contribution in [0.4, 0.5) is 3.89 Å². The number of carbonyl (C=O) groups excluding carboxylic acids is 1. The van der Waals surface area contributed by atoms with Crippen LogP contribution in [0.3, 0.4) is 0 Å². The van der Waals surface area contributed by atoms with Gasteiger partial charge in [-0.2, -0.15) is 8.42 Å². The fraction of sp³-hybridized carbons (Fsp3) is 0.750. The van der Waals surface area contributed by atoms with Gasteiger partial charge in [-0.3, -0.25) is 4.79 Å². The van der Waals surface area contributed by atoms with E-state index in [0.29, 0.717) is 0 Å². The highest BCUT2D eigenvalue weighted by Crippen LogP contribution is 2.16. The highest BCUT2D eigenvalue weighted by atomic mass is 32.3. The summed E-state index contributed by atoms with van der Waals surface area (Å²) in [6.07, 6.45) is -0.0718. The Labute approximate surface area is 57.2 Å². The van der Waals surface area contributed by atoms with Crippen molar-refractivity contribution in [3.8, 4) is 0 Å². The lowest BCUT2D eigenvalue weighted by Crippen LogP contribution is -2.21. The predicted molar refractivity (Wildman–Crippen MR) is 29.4 cm³/mol. The van der Waals surface area contributed by atoms with Gasteiger partial charge in [-0.15, -0.1) is 3.89 Å². The van der Waals surface area contributed by atoms with E-state index in [1.54, 1.807) is 0 Å². The first-order valence-electron chi connectivity index (χ1n) is 2.62. The summed E-state index contributed by atoms with van der Waals surface area (Å²) in [4.78, 5) is 10.4. The maximum Gasteiger partial charge on any atom is 0.327 e. The molecule has 0 unspecified atom stereocenters. The second-order valence-electron chi connectivity index (χ2n) is 1.92. The van der Waals surface area contributed by atoms with Crippen molar-refractivity contribution in [2.75, 3.05) is 6.61 Å². The van der Waals surface area contributed by atoms with Crippen molar-refractivity contribution in [1.29, 1.82) is 0 Å². The summed E-state index contributed by atoms with van der Waals surface area (Å²) >= 11 is 0. The number of esters is 1. The van der Waals surface area contributed by atoms with E-state index < -0.39 is 21.4 Å². The lowest BCUT2D eigenvalue weighted by Gasteiger charge is -1.95. The Morgan fingerprint density at radius 1 is 1.60 bits per heavy atom. The van der Waals surface area contributed by atoms with Crippen LogP contribution in [0, 0.1) is 0 Å². The Morgan fingerprint density at radius 2 is 2.20 bits per heavy atom. The number of hydrogen-bond acceptors (Lipinski definition) is 4. The molecule has 1 heterocycles. The molecule has 0 spiro atoms. The summed E-state index contributed by atoms with van der Waals surface area (Å²) in [5.74, 6) is -0.984. The minimum Gasteiger partial charge on any atom is -0.465 e. The molecule has 1 rings (SSSR count). The van der Waals surface area contributed by atoms with Gasteiger partial charge in [-0.05, 0) is 0 Å². The Hall–Kier alpha value is -0.650. The molecule has 4 nitrogen and oxygen atoms in total. The molecule has 0 aromatic rings. The highest BCUT2D eigenvalue weighted by molar-refractivity contribution is 7.87. The van der Waals surface area contributed by atoms with Crippen LogP contribution in [-0.2, 0) is 19.8 Å². The zero-order valence-electron chi connectivity index (χ0n) is 4.91. The van der Waals surface area contributed by atoms with E-state index in [1.165, 1.54) is 0 Å². The van der Waals surface area contributed by atoms with Crippen LogP contribution in [0.1, 0.15) is 6.42 Å². The van der Waals surface area contributed by atoms with Crippen LogP contribution in [0.15, 0.2) is 0 Å². The van der Waals surface area contributed by atoms with Crippen LogP contribution in [-0.4, -0.2) is 26.2 Å². The number of hydrogen-bond donors (Lipinski definition) is 0. The van der Waals surface area contributed by atoms with E-state index in [1.807, 2.05) is 0 Å². The summed E-state index contributed by atoms with van der Waals surface area (Å²) in [7, 11) is -4.73. The monoisotopic (exact) mass is 168 g/mol. The molecule has 0 N–H and O–H groups in total. The fourth-order valence-corrected chi connectivity index (χ4v) is 1.41. The third-order valence-electron chi connectivity index (χ3n) is 1.23. The third-order valence-corrected chi connectivity index (χ3v) is 2.33. The molecule has 0 bridgehead atoms. The van der Waals surface area contributed by atoms with Crippen molar-refractivity contribution in [3.63, 3.8) is 0 Å². The molecule has 1 fully saturated rings. The number of carbonyl (C=O) groups is 1. The standard InChI is InChI=1S/C4H5FO4S/c5-10(7,8)3-1-2-9-4(3)6/h3H,1-2H2/t3-/m0/s1. The molecule has 1 aliphatic heterocycles.